The standard InChI is InChI=1S/C18H13ClFNO3/c1-11-16(21-17(24-11)12-5-3-2-4-6-12)18(22)23-10-13-7-8-14(20)9-15(13)19/h2-9H,10H2,1H3. The molecule has 0 saturated carbocycles. The molecule has 6 heteroatoms. The van der Waals surface area contributed by atoms with E-state index in [2.05, 4.69) is 4.98 Å². The molecule has 0 aliphatic heterocycles. The number of carbonyl (C=O) groups excluding carboxylic acids is 1. The number of halogens is 2. The lowest BCUT2D eigenvalue weighted by atomic mass is 10.2. The maximum Gasteiger partial charge on any atom is 0.360 e. The minimum Gasteiger partial charge on any atom is -0.456 e. The minimum atomic E-state index is -0.626. The number of ether oxygens (including phenoxy) is 1. The lowest BCUT2D eigenvalue weighted by molar-refractivity contribution is 0.0464. The molecule has 3 aromatic rings. The van der Waals surface area contributed by atoms with Gasteiger partial charge in [0.2, 0.25) is 5.89 Å². The van der Waals surface area contributed by atoms with Crippen LogP contribution in [-0.2, 0) is 11.3 Å². The van der Waals surface area contributed by atoms with Gasteiger partial charge in [-0.25, -0.2) is 14.2 Å². The highest BCUT2D eigenvalue weighted by molar-refractivity contribution is 6.31. The molecular formula is C18H13ClFNO3. The number of aryl methyl sites for hydroxylation is 1. The zero-order valence-electron chi connectivity index (χ0n) is 12.8. The monoisotopic (exact) mass is 345 g/mol. The van der Waals surface area contributed by atoms with Gasteiger partial charge in [0.15, 0.2) is 5.69 Å². The molecule has 0 aliphatic carbocycles. The van der Waals surface area contributed by atoms with E-state index < -0.39 is 11.8 Å². The molecule has 24 heavy (non-hydrogen) atoms. The van der Waals surface area contributed by atoms with Crippen LogP contribution in [0, 0.1) is 12.7 Å². The van der Waals surface area contributed by atoms with Crippen molar-refractivity contribution in [2.75, 3.05) is 0 Å². The highest BCUT2D eigenvalue weighted by atomic mass is 35.5. The fourth-order valence-corrected chi connectivity index (χ4v) is 2.36. The first-order valence-corrected chi connectivity index (χ1v) is 7.56. The van der Waals surface area contributed by atoms with Crippen molar-refractivity contribution in [2.24, 2.45) is 0 Å². The summed E-state index contributed by atoms with van der Waals surface area (Å²) in [5.74, 6) is -0.363. The maximum atomic E-state index is 13.0. The number of esters is 1. The molecule has 0 fully saturated rings. The van der Waals surface area contributed by atoms with Crippen LogP contribution in [0.2, 0.25) is 5.02 Å². The smallest absolute Gasteiger partial charge is 0.360 e. The molecule has 2 aromatic carbocycles. The third kappa shape index (κ3) is 3.46. The van der Waals surface area contributed by atoms with Crippen molar-refractivity contribution in [1.29, 1.82) is 0 Å². The number of oxazole rings is 1. The zero-order chi connectivity index (χ0) is 17.1. The van der Waals surface area contributed by atoms with E-state index in [1.165, 1.54) is 18.2 Å². The van der Waals surface area contributed by atoms with E-state index in [-0.39, 0.29) is 17.3 Å². The predicted molar refractivity (Wildman–Crippen MR) is 87.2 cm³/mol. The molecule has 0 spiro atoms. The van der Waals surface area contributed by atoms with Crippen molar-refractivity contribution in [3.63, 3.8) is 0 Å². The number of hydrogen-bond acceptors (Lipinski definition) is 4. The molecule has 0 unspecified atom stereocenters. The molecule has 0 radical (unpaired) electrons. The van der Waals surface area contributed by atoms with Gasteiger partial charge in [-0.05, 0) is 31.2 Å². The van der Waals surface area contributed by atoms with E-state index in [0.717, 1.165) is 5.56 Å². The molecule has 122 valence electrons. The fourth-order valence-electron chi connectivity index (χ4n) is 2.14. The summed E-state index contributed by atoms with van der Waals surface area (Å²) in [6.45, 7) is 1.56. The highest BCUT2D eigenvalue weighted by Crippen LogP contribution is 2.23. The molecule has 1 heterocycles. The van der Waals surface area contributed by atoms with E-state index in [1.807, 2.05) is 30.3 Å². The van der Waals surface area contributed by atoms with Gasteiger partial charge >= 0.3 is 5.97 Å². The van der Waals surface area contributed by atoms with E-state index in [1.54, 1.807) is 6.92 Å². The number of rotatable bonds is 4. The van der Waals surface area contributed by atoms with Crippen LogP contribution < -0.4 is 0 Å². The highest BCUT2D eigenvalue weighted by Gasteiger charge is 2.19. The average Bonchev–Trinajstić information content (AvgIpc) is 2.96. The van der Waals surface area contributed by atoms with Gasteiger partial charge in [0.25, 0.3) is 0 Å². The van der Waals surface area contributed by atoms with E-state index in [9.17, 15) is 9.18 Å². The lowest BCUT2D eigenvalue weighted by Crippen LogP contribution is -2.07. The van der Waals surface area contributed by atoms with Crippen LogP contribution >= 0.6 is 11.6 Å². The van der Waals surface area contributed by atoms with Crippen molar-refractivity contribution in [3.05, 3.63) is 76.4 Å². The van der Waals surface area contributed by atoms with E-state index in [4.69, 9.17) is 20.8 Å². The van der Waals surface area contributed by atoms with Crippen LogP contribution in [0.4, 0.5) is 4.39 Å². The van der Waals surface area contributed by atoms with Gasteiger partial charge in [0, 0.05) is 11.1 Å². The molecule has 0 atom stereocenters. The Balaban J connectivity index is 1.75. The molecule has 0 amide bonds. The SMILES string of the molecule is Cc1oc(-c2ccccc2)nc1C(=O)OCc1ccc(F)cc1Cl. The van der Waals surface area contributed by atoms with Gasteiger partial charge in [-0.2, -0.15) is 0 Å². The number of carbonyl (C=O) groups is 1. The largest absolute Gasteiger partial charge is 0.456 e. The second-order valence-corrected chi connectivity index (χ2v) is 5.51. The van der Waals surface area contributed by atoms with Gasteiger partial charge < -0.3 is 9.15 Å². The number of benzene rings is 2. The summed E-state index contributed by atoms with van der Waals surface area (Å²) < 4.78 is 23.7. The quantitative estimate of drug-likeness (QED) is 0.637. The van der Waals surface area contributed by atoms with Crippen LogP contribution in [0.15, 0.2) is 52.9 Å². The maximum absolute atomic E-state index is 13.0. The van der Waals surface area contributed by atoms with Crippen LogP contribution in [0.3, 0.4) is 0 Å². The van der Waals surface area contributed by atoms with Gasteiger partial charge in [-0.3, -0.25) is 0 Å². The van der Waals surface area contributed by atoms with Crippen molar-refractivity contribution in [2.45, 2.75) is 13.5 Å². The van der Waals surface area contributed by atoms with Crippen molar-refractivity contribution in [1.82, 2.24) is 4.98 Å². The van der Waals surface area contributed by atoms with Crippen LogP contribution in [0.5, 0.6) is 0 Å². The first kappa shape index (κ1) is 16.2. The molecule has 0 N–H and O–H groups in total. The van der Waals surface area contributed by atoms with Crippen molar-refractivity contribution >= 4 is 17.6 Å². The summed E-state index contributed by atoms with van der Waals surface area (Å²) in [7, 11) is 0. The molecule has 3 rings (SSSR count). The second kappa shape index (κ2) is 6.84. The molecular weight excluding hydrogens is 333 g/mol. The van der Waals surface area contributed by atoms with Crippen molar-refractivity contribution in [3.8, 4) is 11.5 Å². The van der Waals surface area contributed by atoms with Crippen LogP contribution in [-0.4, -0.2) is 11.0 Å². The molecule has 0 aliphatic rings. The third-order valence-electron chi connectivity index (χ3n) is 3.38. The third-order valence-corrected chi connectivity index (χ3v) is 3.74. The molecule has 0 bridgehead atoms. The Hall–Kier alpha value is -2.66. The summed E-state index contributed by atoms with van der Waals surface area (Å²) in [4.78, 5) is 16.4. The van der Waals surface area contributed by atoms with Crippen LogP contribution in [0.1, 0.15) is 21.8 Å². The fraction of sp³-hybridized carbons (Fsp3) is 0.111. The Labute approximate surface area is 142 Å². The van der Waals surface area contributed by atoms with Gasteiger partial charge in [0.1, 0.15) is 18.2 Å². The predicted octanol–water partition coefficient (Wildman–Crippen LogP) is 4.80. The van der Waals surface area contributed by atoms with E-state index >= 15 is 0 Å². The number of nitrogens with zero attached hydrogens (tertiary/aromatic N) is 1. The van der Waals surface area contributed by atoms with Gasteiger partial charge in [0.05, 0.1) is 5.02 Å². The second-order valence-electron chi connectivity index (χ2n) is 5.10. The summed E-state index contributed by atoms with van der Waals surface area (Å²) in [6, 6.07) is 13.1. The van der Waals surface area contributed by atoms with Crippen molar-refractivity contribution < 1.29 is 18.3 Å². The Morgan fingerprint density at radius 1 is 1.25 bits per heavy atom. The van der Waals surface area contributed by atoms with Crippen LogP contribution in [0.25, 0.3) is 11.5 Å². The Bertz CT molecular complexity index is 877. The number of aromatic nitrogens is 1. The average molecular weight is 346 g/mol. The van der Waals surface area contributed by atoms with Gasteiger partial charge in [-0.15, -0.1) is 0 Å². The zero-order valence-corrected chi connectivity index (χ0v) is 13.5. The summed E-state index contributed by atoms with van der Waals surface area (Å²) in [5.41, 5.74) is 1.38. The lowest BCUT2D eigenvalue weighted by Gasteiger charge is -2.05. The first-order chi connectivity index (χ1) is 11.5. The number of hydrogen-bond donors (Lipinski definition) is 0. The first-order valence-electron chi connectivity index (χ1n) is 7.18. The molecule has 1 aromatic heterocycles. The minimum absolute atomic E-state index is 0.0785. The Morgan fingerprint density at radius 3 is 2.71 bits per heavy atom. The topological polar surface area (TPSA) is 52.3 Å². The van der Waals surface area contributed by atoms with E-state index in [0.29, 0.717) is 17.2 Å². The summed E-state index contributed by atoms with van der Waals surface area (Å²) in [6.07, 6.45) is 0. The molecule has 4 nitrogen and oxygen atoms in total. The Kier molecular flexibility index (Phi) is 4.62. The van der Waals surface area contributed by atoms with Gasteiger partial charge in [-0.1, -0.05) is 35.9 Å². The summed E-state index contributed by atoms with van der Waals surface area (Å²) in [5, 5.41) is 0.199. The normalized spacial score (nSPS) is 10.6. The summed E-state index contributed by atoms with van der Waals surface area (Å²) >= 11 is 5.91. The Morgan fingerprint density at radius 2 is 2.00 bits per heavy atom. The molecule has 0 saturated heterocycles.